The summed E-state index contributed by atoms with van der Waals surface area (Å²) in [6, 6.07) is 9.64. The summed E-state index contributed by atoms with van der Waals surface area (Å²) in [5.74, 6) is -1.76. The predicted molar refractivity (Wildman–Crippen MR) is 140 cm³/mol. The first kappa shape index (κ1) is 26.2. The highest BCUT2D eigenvalue weighted by molar-refractivity contribution is 7.89. The molecule has 4 aromatic rings. The van der Waals surface area contributed by atoms with Gasteiger partial charge in [-0.05, 0) is 25.0 Å². The molecule has 0 atom stereocenters. The predicted octanol–water partition coefficient (Wildman–Crippen LogP) is 2.75. The van der Waals surface area contributed by atoms with Crippen LogP contribution >= 0.6 is 0 Å². The maximum Gasteiger partial charge on any atom is 0.221 e. The van der Waals surface area contributed by atoms with Gasteiger partial charge in [-0.3, -0.25) is 9.48 Å². The van der Waals surface area contributed by atoms with Gasteiger partial charge in [0.25, 0.3) is 0 Å². The van der Waals surface area contributed by atoms with Crippen LogP contribution in [0.25, 0.3) is 22.9 Å². The summed E-state index contributed by atoms with van der Waals surface area (Å²) in [5.41, 5.74) is 1.72. The van der Waals surface area contributed by atoms with Crippen molar-refractivity contribution in [1.82, 2.24) is 29.2 Å². The molecule has 0 radical (unpaired) electrons. The molecule has 3 aromatic heterocycles. The Kier molecular flexibility index (Phi) is 6.88. The molecule has 0 bridgehead atoms. The number of Topliss-reactive ketones (excluding diaryl/α,β-unsaturated/α-hetero) is 1. The van der Waals surface area contributed by atoms with E-state index in [0.717, 1.165) is 19.0 Å². The topological polar surface area (TPSA) is 127 Å². The van der Waals surface area contributed by atoms with Crippen LogP contribution in [-0.4, -0.2) is 75.3 Å². The van der Waals surface area contributed by atoms with E-state index in [1.54, 1.807) is 39.9 Å². The summed E-state index contributed by atoms with van der Waals surface area (Å²) in [7, 11) is -3.73. The lowest BCUT2D eigenvalue weighted by molar-refractivity contribution is -0.117. The first-order valence-corrected chi connectivity index (χ1v) is 14.4. The minimum atomic E-state index is -3.73. The molecule has 1 aliphatic carbocycles. The van der Waals surface area contributed by atoms with Crippen molar-refractivity contribution >= 4 is 21.6 Å². The van der Waals surface area contributed by atoms with Crippen molar-refractivity contribution in [3.8, 4) is 22.9 Å². The number of halogens is 2. The summed E-state index contributed by atoms with van der Waals surface area (Å²) in [5, 5.41) is 8.53. The molecule has 1 aromatic carbocycles. The van der Waals surface area contributed by atoms with E-state index in [-0.39, 0.29) is 61.9 Å². The van der Waals surface area contributed by atoms with E-state index in [9.17, 15) is 22.0 Å². The number of nitrogens with zero attached hydrogens (tertiary/aromatic N) is 7. The fourth-order valence-corrected chi connectivity index (χ4v) is 6.16. The van der Waals surface area contributed by atoms with Crippen LogP contribution in [0.15, 0.2) is 53.4 Å². The Balaban J connectivity index is 1.24. The quantitative estimate of drug-likeness (QED) is 0.299. The molecular formula is C26H25F2N7O4S. The molecule has 0 unspecified atom stereocenters. The summed E-state index contributed by atoms with van der Waals surface area (Å²) >= 11 is 0. The SMILES string of the molecule is O=C(CS(=O)(=O)N1CCN(c2nc(-c3cc(-c4ccon4)n(Cc4ccccc4F)n3)ncc2F)CC1)C1CC1. The number of sulfonamides is 1. The lowest BCUT2D eigenvalue weighted by Gasteiger charge is -2.34. The van der Waals surface area contributed by atoms with E-state index < -0.39 is 21.6 Å². The molecule has 0 amide bonds. The van der Waals surface area contributed by atoms with E-state index in [1.807, 2.05) is 0 Å². The van der Waals surface area contributed by atoms with Gasteiger partial charge >= 0.3 is 0 Å². The molecule has 208 valence electrons. The molecule has 1 saturated carbocycles. The van der Waals surface area contributed by atoms with Crippen LogP contribution in [0.2, 0.25) is 0 Å². The fraction of sp³-hybridized carbons (Fsp3) is 0.346. The normalized spacial score (nSPS) is 16.4. The van der Waals surface area contributed by atoms with Gasteiger partial charge in [0.05, 0.1) is 18.4 Å². The number of aromatic nitrogens is 5. The van der Waals surface area contributed by atoms with Crippen LogP contribution in [0.3, 0.4) is 0 Å². The number of rotatable bonds is 9. The van der Waals surface area contributed by atoms with Crippen LogP contribution in [0.4, 0.5) is 14.6 Å². The molecule has 1 saturated heterocycles. The lowest BCUT2D eigenvalue weighted by Crippen LogP contribution is -2.50. The molecule has 1 aliphatic heterocycles. The maximum atomic E-state index is 14.9. The average molecular weight is 570 g/mol. The van der Waals surface area contributed by atoms with Gasteiger partial charge in [0, 0.05) is 43.7 Å². The van der Waals surface area contributed by atoms with E-state index in [2.05, 4.69) is 20.2 Å². The molecule has 40 heavy (non-hydrogen) atoms. The molecule has 11 nitrogen and oxygen atoms in total. The number of hydrogen-bond donors (Lipinski definition) is 0. The second-order valence-electron chi connectivity index (χ2n) is 9.80. The molecule has 2 fully saturated rings. The largest absolute Gasteiger partial charge is 0.364 e. The van der Waals surface area contributed by atoms with Crippen molar-refractivity contribution in [3.05, 3.63) is 66.1 Å². The highest BCUT2D eigenvalue weighted by atomic mass is 32.2. The van der Waals surface area contributed by atoms with Gasteiger partial charge in [-0.15, -0.1) is 0 Å². The smallest absolute Gasteiger partial charge is 0.221 e. The summed E-state index contributed by atoms with van der Waals surface area (Å²) in [6.45, 7) is 0.689. The van der Waals surface area contributed by atoms with Gasteiger partial charge in [0.1, 0.15) is 29.2 Å². The van der Waals surface area contributed by atoms with Gasteiger partial charge in [-0.25, -0.2) is 27.2 Å². The van der Waals surface area contributed by atoms with Gasteiger partial charge in [-0.2, -0.15) is 9.40 Å². The lowest BCUT2D eigenvalue weighted by atomic mass is 10.2. The van der Waals surface area contributed by atoms with Crippen molar-refractivity contribution in [3.63, 3.8) is 0 Å². The zero-order chi connectivity index (χ0) is 27.9. The number of carbonyl (C=O) groups excluding carboxylic acids is 1. The van der Waals surface area contributed by atoms with Gasteiger partial charge in [-0.1, -0.05) is 23.4 Å². The molecule has 0 N–H and O–H groups in total. The Morgan fingerprint density at radius 1 is 1.02 bits per heavy atom. The van der Waals surface area contributed by atoms with Crippen molar-refractivity contribution in [1.29, 1.82) is 0 Å². The van der Waals surface area contributed by atoms with Crippen molar-refractivity contribution in [2.45, 2.75) is 19.4 Å². The molecule has 0 spiro atoms. The van der Waals surface area contributed by atoms with Crippen LogP contribution in [-0.2, 0) is 21.4 Å². The Morgan fingerprint density at radius 3 is 2.50 bits per heavy atom. The Hall–Kier alpha value is -4.04. The number of carbonyl (C=O) groups is 1. The maximum absolute atomic E-state index is 14.9. The second-order valence-corrected chi connectivity index (χ2v) is 11.8. The monoisotopic (exact) mass is 569 g/mol. The average Bonchev–Trinajstić information content (AvgIpc) is 3.50. The molecule has 6 rings (SSSR count). The number of ketones is 1. The highest BCUT2D eigenvalue weighted by Gasteiger charge is 2.36. The molecular weight excluding hydrogens is 544 g/mol. The minimum Gasteiger partial charge on any atom is -0.364 e. The van der Waals surface area contributed by atoms with Gasteiger partial charge in [0.2, 0.25) is 10.0 Å². The van der Waals surface area contributed by atoms with Crippen LogP contribution < -0.4 is 4.90 Å². The third-order valence-corrected chi connectivity index (χ3v) is 8.80. The Labute approximate surface area is 228 Å². The van der Waals surface area contributed by atoms with E-state index in [4.69, 9.17) is 4.52 Å². The first-order valence-electron chi connectivity index (χ1n) is 12.8. The Morgan fingerprint density at radius 2 is 1.80 bits per heavy atom. The minimum absolute atomic E-state index is 0.0164. The second kappa shape index (κ2) is 10.5. The third-order valence-electron chi connectivity index (χ3n) is 7.00. The summed E-state index contributed by atoms with van der Waals surface area (Å²) in [6.07, 6.45) is 3.95. The van der Waals surface area contributed by atoms with Crippen molar-refractivity contribution in [2.24, 2.45) is 5.92 Å². The summed E-state index contributed by atoms with van der Waals surface area (Å²) in [4.78, 5) is 22.3. The molecule has 2 aliphatic rings. The molecule has 14 heteroatoms. The molecule has 4 heterocycles. The van der Waals surface area contributed by atoms with Gasteiger partial charge < -0.3 is 9.42 Å². The van der Waals surface area contributed by atoms with Gasteiger partial charge in [0.15, 0.2) is 23.2 Å². The Bertz CT molecular complexity index is 1650. The van der Waals surface area contributed by atoms with Crippen molar-refractivity contribution < 1.29 is 26.5 Å². The number of anilines is 1. The van der Waals surface area contributed by atoms with Crippen LogP contribution in [0, 0.1) is 17.6 Å². The fourth-order valence-electron chi connectivity index (χ4n) is 4.66. The summed E-state index contributed by atoms with van der Waals surface area (Å²) < 4.78 is 62.5. The van der Waals surface area contributed by atoms with E-state index in [1.165, 1.54) is 16.6 Å². The standard InChI is InChI=1S/C26H25F2N7O4S/c27-19-4-2-1-3-18(19)15-35-23(21-7-12-39-32-21)13-22(31-35)25-29-14-20(28)26(30-25)33-8-10-34(11-9-33)40(37,38)16-24(36)17-5-6-17/h1-4,7,12-14,17H,5-6,8-11,15-16H2. The van der Waals surface area contributed by atoms with E-state index in [0.29, 0.717) is 22.6 Å². The number of piperazine rings is 1. The van der Waals surface area contributed by atoms with Crippen LogP contribution in [0.5, 0.6) is 0 Å². The number of benzene rings is 1. The van der Waals surface area contributed by atoms with Crippen molar-refractivity contribution in [2.75, 3.05) is 36.8 Å². The zero-order valence-electron chi connectivity index (χ0n) is 21.3. The third kappa shape index (κ3) is 5.36. The highest BCUT2D eigenvalue weighted by Crippen LogP contribution is 2.31. The van der Waals surface area contributed by atoms with Crippen LogP contribution in [0.1, 0.15) is 18.4 Å². The first-order chi connectivity index (χ1) is 19.3. The zero-order valence-corrected chi connectivity index (χ0v) is 22.1. The number of hydrogen-bond acceptors (Lipinski definition) is 9. The van der Waals surface area contributed by atoms with E-state index >= 15 is 0 Å².